The lowest BCUT2D eigenvalue weighted by molar-refractivity contribution is -0.117. The first-order valence-electron chi connectivity index (χ1n) is 10.4. The van der Waals surface area contributed by atoms with Crippen LogP contribution >= 0.6 is 0 Å². The lowest BCUT2D eigenvalue weighted by atomic mass is 10.1. The number of nitrogens with one attached hydrogen (secondary N) is 2. The number of amides is 1. The van der Waals surface area contributed by atoms with Crippen molar-refractivity contribution in [2.75, 3.05) is 46.8 Å². The van der Waals surface area contributed by atoms with Gasteiger partial charge in [0.05, 0.1) is 10.9 Å². The summed E-state index contributed by atoms with van der Waals surface area (Å²) >= 11 is 0. The molecule has 1 amide bonds. The molecule has 0 aromatic heterocycles. The van der Waals surface area contributed by atoms with Gasteiger partial charge in [-0.25, -0.2) is 13.1 Å². The second-order valence-electron chi connectivity index (χ2n) is 7.69. The van der Waals surface area contributed by atoms with Crippen molar-refractivity contribution in [3.63, 3.8) is 0 Å². The number of nitrogens with zero attached hydrogens (tertiary/aromatic N) is 2. The van der Waals surface area contributed by atoms with Crippen molar-refractivity contribution in [2.24, 2.45) is 0 Å². The number of hydrogen-bond donors (Lipinski definition) is 2. The molecule has 3 rings (SSSR count). The molecular weight excluding hydrogens is 412 g/mol. The summed E-state index contributed by atoms with van der Waals surface area (Å²) in [5, 5.41) is 3.12. The highest BCUT2D eigenvalue weighted by Crippen LogP contribution is 2.16. The highest BCUT2D eigenvalue weighted by molar-refractivity contribution is 7.89. The molecule has 8 heteroatoms. The van der Waals surface area contributed by atoms with Crippen LogP contribution in [0.2, 0.25) is 0 Å². The zero-order valence-corrected chi connectivity index (χ0v) is 18.8. The molecule has 0 bridgehead atoms. The number of likely N-dealkylation sites (N-methyl/N-ethyl adjacent to an activating group) is 1. The third-order valence-corrected chi connectivity index (χ3v) is 6.87. The zero-order chi connectivity index (χ0) is 22.3. The minimum absolute atomic E-state index is 0.107. The molecule has 166 valence electrons. The molecule has 2 aromatic rings. The Kier molecular flexibility index (Phi) is 7.97. The second kappa shape index (κ2) is 10.7. The van der Waals surface area contributed by atoms with Crippen LogP contribution in [0.15, 0.2) is 65.6 Å². The zero-order valence-electron chi connectivity index (χ0n) is 18.0. The van der Waals surface area contributed by atoms with Crippen LogP contribution in [0.25, 0.3) is 6.08 Å². The first kappa shape index (κ1) is 23.1. The van der Waals surface area contributed by atoms with Gasteiger partial charge < -0.3 is 10.2 Å². The maximum Gasteiger partial charge on any atom is 0.244 e. The topological polar surface area (TPSA) is 81.7 Å². The summed E-state index contributed by atoms with van der Waals surface area (Å²) in [7, 11) is 0.0267. The summed E-state index contributed by atoms with van der Waals surface area (Å²) in [6.45, 7) is 4.76. The van der Waals surface area contributed by atoms with E-state index < -0.39 is 10.0 Å². The van der Waals surface area contributed by atoms with E-state index in [2.05, 4.69) is 26.9 Å². The van der Waals surface area contributed by atoms with Crippen molar-refractivity contribution in [1.29, 1.82) is 0 Å². The molecule has 1 unspecified atom stereocenters. The largest absolute Gasteiger partial charge is 0.344 e. The van der Waals surface area contributed by atoms with Crippen LogP contribution in [0.5, 0.6) is 0 Å². The highest BCUT2D eigenvalue weighted by Gasteiger charge is 2.20. The number of carbonyl (C=O) groups excluding carboxylic acids is 1. The fourth-order valence-electron chi connectivity index (χ4n) is 3.48. The third-order valence-electron chi connectivity index (χ3n) is 5.44. The first-order valence-corrected chi connectivity index (χ1v) is 11.8. The summed E-state index contributed by atoms with van der Waals surface area (Å²) in [5.74, 6) is -0.185. The SMILES string of the molecule is CNS(=O)(=O)c1ccc(/C=C/C(=O)NC(CN2CCN(C)CC2)c2ccccc2)cc1. The Labute approximate surface area is 184 Å². The Morgan fingerprint density at radius 2 is 1.68 bits per heavy atom. The maximum absolute atomic E-state index is 12.6. The molecule has 1 saturated heterocycles. The van der Waals surface area contributed by atoms with E-state index in [-0.39, 0.29) is 16.8 Å². The lowest BCUT2D eigenvalue weighted by Crippen LogP contribution is -2.47. The van der Waals surface area contributed by atoms with E-state index in [0.717, 1.165) is 43.9 Å². The molecule has 31 heavy (non-hydrogen) atoms. The number of benzene rings is 2. The molecule has 1 aliphatic heterocycles. The van der Waals surface area contributed by atoms with Crippen molar-refractivity contribution in [3.05, 3.63) is 71.8 Å². The number of piperazine rings is 1. The monoisotopic (exact) mass is 442 g/mol. The van der Waals surface area contributed by atoms with E-state index in [1.165, 1.54) is 25.3 Å². The molecule has 7 nitrogen and oxygen atoms in total. The van der Waals surface area contributed by atoms with Crippen LogP contribution in [-0.4, -0.2) is 70.9 Å². The van der Waals surface area contributed by atoms with Crippen LogP contribution in [0, 0.1) is 0 Å². The standard InChI is InChI=1S/C23H30N4O3S/c1-24-31(29,30)21-11-8-19(9-12-21)10-13-23(28)25-22(20-6-4-3-5-7-20)18-27-16-14-26(2)15-17-27/h3-13,22,24H,14-18H2,1-2H3,(H,25,28)/b13-10+. The molecule has 0 aliphatic carbocycles. The van der Waals surface area contributed by atoms with Crippen LogP contribution in [-0.2, 0) is 14.8 Å². The van der Waals surface area contributed by atoms with E-state index in [1.54, 1.807) is 18.2 Å². The van der Waals surface area contributed by atoms with Gasteiger partial charge in [0.1, 0.15) is 0 Å². The summed E-state index contributed by atoms with van der Waals surface area (Å²) in [6, 6.07) is 16.3. The van der Waals surface area contributed by atoms with Crippen molar-refractivity contribution in [3.8, 4) is 0 Å². The summed E-state index contributed by atoms with van der Waals surface area (Å²) in [5.41, 5.74) is 1.82. The number of rotatable bonds is 8. The number of hydrogen-bond acceptors (Lipinski definition) is 5. The Bertz CT molecular complexity index is 983. The minimum atomic E-state index is -3.47. The predicted octanol–water partition coefficient (Wildman–Crippen LogP) is 1.71. The molecule has 1 heterocycles. The molecular formula is C23H30N4O3S. The van der Waals surface area contributed by atoms with Crippen LogP contribution in [0.4, 0.5) is 0 Å². The summed E-state index contributed by atoms with van der Waals surface area (Å²) < 4.78 is 25.9. The molecule has 1 fully saturated rings. The summed E-state index contributed by atoms with van der Waals surface area (Å²) in [6.07, 6.45) is 3.17. The molecule has 2 aromatic carbocycles. The molecule has 2 N–H and O–H groups in total. The van der Waals surface area contributed by atoms with Crippen LogP contribution < -0.4 is 10.0 Å². The average Bonchev–Trinajstić information content (AvgIpc) is 2.79. The highest BCUT2D eigenvalue weighted by atomic mass is 32.2. The van der Waals surface area contributed by atoms with Gasteiger partial charge in [0.25, 0.3) is 0 Å². The van der Waals surface area contributed by atoms with Gasteiger partial charge >= 0.3 is 0 Å². The molecule has 0 spiro atoms. The second-order valence-corrected chi connectivity index (χ2v) is 9.57. The third kappa shape index (κ3) is 6.73. The average molecular weight is 443 g/mol. The van der Waals surface area contributed by atoms with Crippen molar-refractivity contribution in [2.45, 2.75) is 10.9 Å². The Hall–Kier alpha value is -2.52. The first-order chi connectivity index (χ1) is 14.9. The molecule has 0 saturated carbocycles. The fourth-order valence-corrected chi connectivity index (χ4v) is 4.21. The molecule has 1 atom stereocenters. The molecule has 0 radical (unpaired) electrons. The smallest absolute Gasteiger partial charge is 0.244 e. The van der Waals surface area contributed by atoms with Gasteiger partial charge in [0.2, 0.25) is 15.9 Å². The van der Waals surface area contributed by atoms with E-state index in [9.17, 15) is 13.2 Å². The number of carbonyl (C=O) groups is 1. The van der Waals surface area contributed by atoms with Gasteiger partial charge in [0, 0.05) is 38.8 Å². The van der Waals surface area contributed by atoms with Gasteiger partial charge in [-0.1, -0.05) is 42.5 Å². The Morgan fingerprint density at radius 1 is 1.03 bits per heavy atom. The van der Waals surface area contributed by atoms with E-state index in [0.29, 0.717) is 0 Å². The van der Waals surface area contributed by atoms with E-state index in [4.69, 9.17) is 0 Å². The lowest BCUT2D eigenvalue weighted by Gasteiger charge is -2.34. The van der Waals surface area contributed by atoms with Gasteiger partial charge in [-0.3, -0.25) is 9.69 Å². The maximum atomic E-state index is 12.6. The fraction of sp³-hybridized carbons (Fsp3) is 0.348. The summed E-state index contributed by atoms with van der Waals surface area (Å²) in [4.78, 5) is 17.5. The van der Waals surface area contributed by atoms with E-state index >= 15 is 0 Å². The van der Waals surface area contributed by atoms with Crippen molar-refractivity contribution < 1.29 is 13.2 Å². The van der Waals surface area contributed by atoms with Gasteiger partial charge in [-0.15, -0.1) is 0 Å². The van der Waals surface area contributed by atoms with Crippen LogP contribution in [0.3, 0.4) is 0 Å². The Morgan fingerprint density at radius 3 is 2.29 bits per heavy atom. The van der Waals surface area contributed by atoms with Crippen LogP contribution in [0.1, 0.15) is 17.2 Å². The van der Waals surface area contributed by atoms with E-state index in [1.807, 2.05) is 30.3 Å². The molecule has 1 aliphatic rings. The predicted molar refractivity (Wildman–Crippen MR) is 123 cm³/mol. The minimum Gasteiger partial charge on any atom is -0.344 e. The Balaban J connectivity index is 1.65. The normalized spacial score (nSPS) is 17.0. The van der Waals surface area contributed by atoms with Crippen molar-refractivity contribution in [1.82, 2.24) is 19.8 Å². The van der Waals surface area contributed by atoms with Gasteiger partial charge in [-0.2, -0.15) is 0 Å². The van der Waals surface area contributed by atoms with Gasteiger partial charge in [-0.05, 0) is 43.4 Å². The van der Waals surface area contributed by atoms with Gasteiger partial charge in [0.15, 0.2) is 0 Å². The number of sulfonamides is 1. The quantitative estimate of drug-likeness (QED) is 0.609. The van der Waals surface area contributed by atoms with Crippen molar-refractivity contribution >= 4 is 22.0 Å².